The van der Waals surface area contributed by atoms with Crippen molar-refractivity contribution in [3.63, 3.8) is 0 Å². The van der Waals surface area contributed by atoms with E-state index in [4.69, 9.17) is 9.47 Å². The predicted octanol–water partition coefficient (Wildman–Crippen LogP) is 3.65. The van der Waals surface area contributed by atoms with Crippen molar-refractivity contribution in [1.82, 2.24) is 15.0 Å². The van der Waals surface area contributed by atoms with E-state index in [0.717, 1.165) is 23.1 Å². The van der Waals surface area contributed by atoms with Crippen LogP contribution in [0.4, 0.5) is 0 Å². The minimum absolute atomic E-state index is 0.0287. The molecule has 0 aliphatic carbocycles. The van der Waals surface area contributed by atoms with Gasteiger partial charge in [0.2, 0.25) is 0 Å². The standard InChI is InChI=1S/C25H22N4O4S/c1-32-19-11-7-17(8-12-19)15-26-28-23(30)16-34-25-27-22-6-4-3-5-21(22)24(31)29(25)18-9-13-20(33-2)14-10-18/h3-15H,16H2,1-2H3,(H,28,30). The minimum Gasteiger partial charge on any atom is -0.497 e. The molecule has 4 aromatic rings. The fourth-order valence-corrected chi connectivity index (χ4v) is 4.00. The Labute approximate surface area is 200 Å². The molecule has 0 radical (unpaired) electrons. The van der Waals surface area contributed by atoms with E-state index in [1.807, 2.05) is 30.3 Å². The summed E-state index contributed by atoms with van der Waals surface area (Å²) in [6.45, 7) is 0. The molecule has 1 amide bonds. The average Bonchev–Trinajstić information content (AvgIpc) is 2.88. The molecular formula is C25H22N4O4S. The monoisotopic (exact) mass is 474 g/mol. The number of carbonyl (C=O) groups is 1. The van der Waals surface area contributed by atoms with Crippen LogP contribution in [0.5, 0.6) is 11.5 Å². The Bertz CT molecular complexity index is 1380. The SMILES string of the molecule is COc1ccc(C=NNC(=O)CSc2nc3ccccc3c(=O)n2-c2ccc(OC)cc2)cc1. The van der Waals surface area contributed by atoms with E-state index in [-0.39, 0.29) is 17.2 Å². The number of rotatable bonds is 8. The normalized spacial score (nSPS) is 11.0. The Balaban J connectivity index is 1.53. The molecule has 4 rings (SSSR count). The lowest BCUT2D eigenvalue weighted by Crippen LogP contribution is -2.24. The van der Waals surface area contributed by atoms with Crippen LogP contribution in [0.15, 0.2) is 87.8 Å². The van der Waals surface area contributed by atoms with Crippen LogP contribution in [-0.4, -0.2) is 41.6 Å². The molecule has 0 bridgehead atoms. The van der Waals surface area contributed by atoms with Gasteiger partial charge >= 0.3 is 0 Å². The molecule has 0 aliphatic heterocycles. The Hall–Kier alpha value is -4.11. The van der Waals surface area contributed by atoms with E-state index in [9.17, 15) is 9.59 Å². The van der Waals surface area contributed by atoms with Gasteiger partial charge in [-0.1, -0.05) is 23.9 Å². The second-order valence-corrected chi connectivity index (χ2v) is 8.05. The lowest BCUT2D eigenvalue weighted by atomic mass is 10.2. The quantitative estimate of drug-likeness (QED) is 0.181. The van der Waals surface area contributed by atoms with E-state index >= 15 is 0 Å². The van der Waals surface area contributed by atoms with Crippen molar-refractivity contribution in [2.45, 2.75) is 5.16 Å². The first-order chi connectivity index (χ1) is 16.6. The van der Waals surface area contributed by atoms with Crippen molar-refractivity contribution in [3.05, 3.63) is 88.7 Å². The van der Waals surface area contributed by atoms with Crippen LogP contribution in [0.3, 0.4) is 0 Å². The third-order valence-corrected chi connectivity index (χ3v) is 5.87. The van der Waals surface area contributed by atoms with E-state index in [2.05, 4.69) is 15.5 Å². The summed E-state index contributed by atoms with van der Waals surface area (Å²) in [4.78, 5) is 30.3. The highest BCUT2D eigenvalue weighted by atomic mass is 32.2. The number of amides is 1. The van der Waals surface area contributed by atoms with Gasteiger partial charge in [0, 0.05) is 0 Å². The topological polar surface area (TPSA) is 94.8 Å². The van der Waals surface area contributed by atoms with E-state index < -0.39 is 0 Å². The Morgan fingerprint density at radius 2 is 1.65 bits per heavy atom. The molecule has 0 saturated carbocycles. The molecule has 1 N–H and O–H groups in total. The molecule has 0 aliphatic rings. The van der Waals surface area contributed by atoms with Gasteiger partial charge in [-0.2, -0.15) is 5.10 Å². The molecular weight excluding hydrogens is 452 g/mol. The summed E-state index contributed by atoms with van der Waals surface area (Å²) in [6, 6.07) is 21.5. The highest BCUT2D eigenvalue weighted by Gasteiger charge is 2.15. The number of ether oxygens (including phenoxy) is 2. The van der Waals surface area contributed by atoms with Gasteiger partial charge in [-0.25, -0.2) is 10.4 Å². The predicted molar refractivity (Wildman–Crippen MR) is 133 cm³/mol. The molecule has 0 spiro atoms. The number of thioether (sulfide) groups is 1. The molecule has 0 unspecified atom stereocenters. The molecule has 1 heterocycles. The first kappa shape index (κ1) is 23.1. The second kappa shape index (κ2) is 10.7. The number of carbonyl (C=O) groups excluding carboxylic acids is 1. The fourth-order valence-electron chi connectivity index (χ4n) is 3.20. The molecule has 8 nitrogen and oxygen atoms in total. The number of aromatic nitrogens is 2. The summed E-state index contributed by atoms with van der Waals surface area (Å²) >= 11 is 1.16. The Morgan fingerprint density at radius 1 is 1.00 bits per heavy atom. The molecule has 3 aromatic carbocycles. The molecule has 0 atom stereocenters. The van der Waals surface area contributed by atoms with Crippen molar-refractivity contribution < 1.29 is 14.3 Å². The molecule has 34 heavy (non-hydrogen) atoms. The smallest absolute Gasteiger partial charge is 0.266 e. The number of methoxy groups -OCH3 is 2. The number of para-hydroxylation sites is 1. The van der Waals surface area contributed by atoms with Crippen molar-refractivity contribution in [2.24, 2.45) is 5.10 Å². The average molecular weight is 475 g/mol. The third kappa shape index (κ3) is 5.26. The summed E-state index contributed by atoms with van der Waals surface area (Å²) < 4.78 is 11.8. The zero-order chi connectivity index (χ0) is 23.9. The number of hydrogen-bond acceptors (Lipinski definition) is 7. The van der Waals surface area contributed by atoms with Crippen LogP contribution in [-0.2, 0) is 4.79 Å². The lowest BCUT2D eigenvalue weighted by Gasteiger charge is -2.13. The summed E-state index contributed by atoms with van der Waals surface area (Å²) in [5.41, 5.74) is 4.31. The highest BCUT2D eigenvalue weighted by Crippen LogP contribution is 2.22. The number of nitrogens with one attached hydrogen (secondary N) is 1. The maximum atomic E-state index is 13.3. The van der Waals surface area contributed by atoms with Crippen LogP contribution < -0.4 is 20.5 Å². The summed E-state index contributed by atoms with van der Waals surface area (Å²) in [5, 5.41) is 4.90. The van der Waals surface area contributed by atoms with Crippen LogP contribution >= 0.6 is 11.8 Å². The first-order valence-corrected chi connectivity index (χ1v) is 11.3. The largest absolute Gasteiger partial charge is 0.497 e. The van der Waals surface area contributed by atoms with Gasteiger partial charge in [-0.15, -0.1) is 0 Å². The van der Waals surface area contributed by atoms with E-state index in [0.29, 0.717) is 27.5 Å². The van der Waals surface area contributed by atoms with Gasteiger partial charge < -0.3 is 9.47 Å². The van der Waals surface area contributed by atoms with Gasteiger partial charge in [-0.05, 0) is 66.2 Å². The molecule has 1 aromatic heterocycles. The fraction of sp³-hybridized carbons (Fsp3) is 0.120. The zero-order valence-electron chi connectivity index (χ0n) is 18.6. The van der Waals surface area contributed by atoms with Crippen molar-refractivity contribution in [1.29, 1.82) is 0 Å². The minimum atomic E-state index is -0.321. The number of benzene rings is 3. The Kier molecular flexibility index (Phi) is 7.24. The maximum Gasteiger partial charge on any atom is 0.266 e. The lowest BCUT2D eigenvalue weighted by molar-refractivity contribution is -0.118. The first-order valence-electron chi connectivity index (χ1n) is 10.3. The zero-order valence-corrected chi connectivity index (χ0v) is 19.4. The van der Waals surface area contributed by atoms with Gasteiger partial charge in [-0.3, -0.25) is 14.2 Å². The summed E-state index contributed by atoms with van der Waals surface area (Å²) in [5.74, 6) is 1.12. The summed E-state index contributed by atoms with van der Waals surface area (Å²) in [7, 11) is 3.18. The highest BCUT2D eigenvalue weighted by molar-refractivity contribution is 7.99. The Morgan fingerprint density at radius 3 is 2.32 bits per heavy atom. The van der Waals surface area contributed by atoms with Gasteiger partial charge in [0.05, 0.1) is 42.8 Å². The second-order valence-electron chi connectivity index (χ2n) is 7.11. The van der Waals surface area contributed by atoms with Crippen molar-refractivity contribution >= 4 is 34.8 Å². The van der Waals surface area contributed by atoms with E-state index in [1.165, 1.54) is 4.57 Å². The number of hydrazone groups is 1. The van der Waals surface area contributed by atoms with Gasteiger partial charge in [0.25, 0.3) is 11.5 Å². The number of hydrogen-bond donors (Lipinski definition) is 1. The van der Waals surface area contributed by atoms with Crippen molar-refractivity contribution in [2.75, 3.05) is 20.0 Å². The van der Waals surface area contributed by atoms with Crippen molar-refractivity contribution in [3.8, 4) is 17.2 Å². The van der Waals surface area contributed by atoms with Crippen LogP contribution in [0.25, 0.3) is 16.6 Å². The third-order valence-electron chi connectivity index (χ3n) is 4.93. The molecule has 0 fully saturated rings. The van der Waals surface area contributed by atoms with E-state index in [1.54, 1.807) is 62.9 Å². The molecule has 0 saturated heterocycles. The van der Waals surface area contributed by atoms with Crippen LogP contribution in [0.2, 0.25) is 0 Å². The summed E-state index contributed by atoms with van der Waals surface area (Å²) in [6.07, 6.45) is 1.55. The maximum absolute atomic E-state index is 13.3. The van der Waals surface area contributed by atoms with Crippen LogP contribution in [0, 0.1) is 0 Å². The van der Waals surface area contributed by atoms with Crippen LogP contribution in [0.1, 0.15) is 5.56 Å². The number of nitrogens with zero attached hydrogens (tertiary/aromatic N) is 3. The molecule has 9 heteroatoms. The van der Waals surface area contributed by atoms with Gasteiger partial charge in [0.1, 0.15) is 11.5 Å². The molecule has 172 valence electrons. The van der Waals surface area contributed by atoms with Gasteiger partial charge in [0.15, 0.2) is 5.16 Å². The number of fused-ring (bicyclic) bond motifs is 1.